The third-order valence-electron chi connectivity index (χ3n) is 3.59. The molecule has 1 aliphatic rings. The summed E-state index contributed by atoms with van der Waals surface area (Å²) in [5, 5.41) is 5.87. The van der Waals surface area contributed by atoms with Crippen molar-refractivity contribution in [2.24, 2.45) is 5.92 Å². The van der Waals surface area contributed by atoms with E-state index in [2.05, 4.69) is 15.6 Å². The van der Waals surface area contributed by atoms with Crippen LogP contribution in [0, 0.1) is 5.92 Å². The Labute approximate surface area is 131 Å². The highest BCUT2D eigenvalue weighted by Gasteiger charge is 2.28. The highest BCUT2D eigenvalue weighted by Crippen LogP contribution is 2.09. The molecule has 0 aliphatic carbocycles. The quantitative estimate of drug-likeness (QED) is 0.740. The van der Waals surface area contributed by atoms with Crippen molar-refractivity contribution >= 4 is 15.9 Å². The summed E-state index contributed by atoms with van der Waals surface area (Å²) in [5.74, 6) is -0.993. The van der Waals surface area contributed by atoms with Gasteiger partial charge in [-0.15, -0.1) is 0 Å². The average molecular weight is 326 g/mol. The number of sulfonamides is 1. The molecule has 22 heavy (non-hydrogen) atoms. The van der Waals surface area contributed by atoms with E-state index in [1.807, 2.05) is 12.1 Å². The Bertz CT molecular complexity index is 585. The molecule has 2 rings (SSSR count). The molecule has 2 heterocycles. The smallest absolute Gasteiger partial charge is 0.224 e. The van der Waals surface area contributed by atoms with Crippen molar-refractivity contribution < 1.29 is 13.2 Å². The zero-order valence-electron chi connectivity index (χ0n) is 12.7. The van der Waals surface area contributed by atoms with Crippen LogP contribution in [0.2, 0.25) is 0 Å². The van der Waals surface area contributed by atoms with Crippen LogP contribution in [-0.2, 0) is 21.4 Å². The number of rotatable bonds is 6. The standard InChI is InChI=1S/C14H22N4O3S/c1-12(11-22(20,21)18-8-6-16-7-9-18)14(19)17-10-13-2-4-15-5-3-13/h2-5,12,16H,6-11H2,1H3,(H,17,19). The molecular weight excluding hydrogens is 304 g/mol. The Morgan fingerprint density at radius 2 is 2.00 bits per heavy atom. The van der Waals surface area contributed by atoms with Crippen molar-refractivity contribution in [1.82, 2.24) is 19.9 Å². The first-order valence-corrected chi connectivity index (χ1v) is 8.95. The third-order valence-corrected chi connectivity index (χ3v) is 5.67. The molecule has 1 fully saturated rings. The Kier molecular flexibility index (Phi) is 5.87. The van der Waals surface area contributed by atoms with Crippen LogP contribution in [0.4, 0.5) is 0 Å². The van der Waals surface area contributed by atoms with E-state index in [1.165, 1.54) is 4.31 Å². The van der Waals surface area contributed by atoms with Gasteiger partial charge in [-0.2, -0.15) is 4.31 Å². The second-order valence-corrected chi connectivity index (χ2v) is 7.42. The molecule has 0 aromatic carbocycles. The zero-order valence-corrected chi connectivity index (χ0v) is 13.5. The van der Waals surface area contributed by atoms with Gasteiger partial charge in [0.2, 0.25) is 15.9 Å². The van der Waals surface area contributed by atoms with Crippen LogP contribution in [0.15, 0.2) is 24.5 Å². The average Bonchev–Trinajstić information content (AvgIpc) is 2.54. The molecule has 1 aromatic rings. The van der Waals surface area contributed by atoms with E-state index in [-0.39, 0.29) is 11.7 Å². The summed E-state index contributed by atoms with van der Waals surface area (Å²) in [6.45, 7) is 4.26. The molecule has 8 heteroatoms. The maximum absolute atomic E-state index is 12.3. The molecule has 0 radical (unpaired) electrons. The summed E-state index contributed by atoms with van der Waals surface area (Å²) < 4.78 is 26.0. The molecule has 2 N–H and O–H groups in total. The van der Waals surface area contributed by atoms with Crippen LogP contribution in [0.1, 0.15) is 12.5 Å². The van der Waals surface area contributed by atoms with E-state index in [9.17, 15) is 13.2 Å². The molecule has 7 nitrogen and oxygen atoms in total. The highest BCUT2D eigenvalue weighted by molar-refractivity contribution is 7.89. The van der Waals surface area contributed by atoms with Crippen molar-refractivity contribution in [2.45, 2.75) is 13.5 Å². The molecule has 1 aromatic heterocycles. The largest absolute Gasteiger partial charge is 0.352 e. The lowest BCUT2D eigenvalue weighted by Crippen LogP contribution is -2.48. The van der Waals surface area contributed by atoms with Crippen LogP contribution in [-0.4, -0.2) is 55.5 Å². The van der Waals surface area contributed by atoms with Crippen molar-refractivity contribution in [2.75, 3.05) is 31.9 Å². The fourth-order valence-electron chi connectivity index (χ4n) is 2.28. The van der Waals surface area contributed by atoms with Gasteiger partial charge in [0.05, 0.1) is 11.7 Å². The van der Waals surface area contributed by atoms with Crippen LogP contribution < -0.4 is 10.6 Å². The van der Waals surface area contributed by atoms with Gasteiger partial charge in [0.25, 0.3) is 0 Å². The lowest BCUT2D eigenvalue weighted by atomic mass is 10.2. The predicted octanol–water partition coefficient (Wildman–Crippen LogP) is -0.431. The molecule has 1 atom stereocenters. The van der Waals surface area contributed by atoms with Gasteiger partial charge >= 0.3 is 0 Å². The number of nitrogens with zero attached hydrogens (tertiary/aromatic N) is 2. The SMILES string of the molecule is CC(CS(=O)(=O)N1CCNCC1)C(=O)NCc1ccncc1. The number of amides is 1. The number of pyridine rings is 1. The molecule has 0 bridgehead atoms. The molecule has 122 valence electrons. The van der Waals surface area contributed by atoms with Crippen molar-refractivity contribution in [3.8, 4) is 0 Å². The van der Waals surface area contributed by atoms with E-state index < -0.39 is 15.9 Å². The first-order valence-electron chi connectivity index (χ1n) is 7.34. The Morgan fingerprint density at radius 1 is 1.36 bits per heavy atom. The van der Waals surface area contributed by atoms with Gasteiger partial charge in [0, 0.05) is 45.1 Å². The predicted molar refractivity (Wildman–Crippen MR) is 83.5 cm³/mol. The molecule has 1 saturated heterocycles. The first kappa shape index (κ1) is 16.9. The Balaban J connectivity index is 1.85. The minimum absolute atomic E-state index is 0.158. The summed E-state index contributed by atoms with van der Waals surface area (Å²) in [7, 11) is -3.39. The maximum atomic E-state index is 12.3. The second-order valence-electron chi connectivity index (χ2n) is 5.40. The molecule has 1 unspecified atom stereocenters. The molecule has 0 saturated carbocycles. The lowest BCUT2D eigenvalue weighted by Gasteiger charge is -2.27. The van der Waals surface area contributed by atoms with Gasteiger partial charge in [-0.3, -0.25) is 9.78 Å². The number of hydrogen-bond acceptors (Lipinski definition) is 5. The topological polar surface area (TPSA) is 91.4 Å². The lowest BCUT2D eigenvalue weighted by molar-refractivity contribution is -0.124. The van der Waals surface area contributed by atoms with Crippen LogP contribution >= 0.6 is 0 Å². The molecule has 1 amide bonds. The van der Waals surface area contributed by atoms with Gasteiger partial charge in [-0.05, 0) is 17.7 Å². The highest BCUT2D eigenvalue weighted by atomic mass is 32.2. The normalized spacial score (nSPS) is 17.9. The Morgan fingerprint density at radius 3 is 2.64 bits per heavy atom. The first-order chi connectivity index (χ1) is 10.5. The van der Waals surface area contributed by atoms with Crippen LogP contribution in [0.5, 0.6) is 0 Å². The summed E-state index contributed by atoms with van der Waals surface area (Å²) in [6.07, 6.45) is 3.31. The Hall–Kier alpha value is -1.51. The van der Waals surface area contributed by atoms with E-state index in [1.54, 1.807) is 19.3 Å². The monoisotopic (exact) mass is 326 g/mol. The number of hydrogen-bond donors (Lipinski definition) is 2. The minimum atomic E-state index is -3.39. The van der Waals surface area contributed by atoms with Crippen molar-refractivity contribution in [1.29, 1.82) is 0 Å². The van der Waals surface area contributed by atoms with E-state index >= 15 is 0 Å². The van der Waals surface area contributed by atoms with E-state index in [4.69, 9.17) is 0 Å². The van der Waals surface area contributed by atoms with Crippen molar-refractivity contribution in [3.63, 3.8) is 0 Å². The minimum Gasteiger partial charge on any atom is -0.352 e. The van der Waals surface area contributed by atoms with Crippen molar-refractivity contribution in [3.05, 3.63) is 30.1 Å². The van der Waals surface area contributed by atoms with Gasteiger partial charge in [0.1, 0.15) is 0 Å². The van der Waals surface area contributed by atoms with Gasteiger partial charge in [0.15, 0.2) is 0 Å². The number of nitrogens with one attached hydrogen (secondary N) is 2. The summed E-state index contributed by atoms with van der Waals surface area (Å²) >= 11 is 0. The second kappa shape index (κ2) is 7.66. The number of piperazine rings is 1. The molecular formula is C14H22N4O3S. The number of aromatic nitrogens is 1. The van der Waals surface area contributed by atoms with E-state index in [0.717, 1.165) is 5.56 Å². The van der Waals surface area contributed by atoms with Gasteiger partial charge in [-0.1, -0.05) is 6.92 Å². The van der Waals surface area contributed by atoms with Crippen LogP contribution in [0.3, 0.4) is 0 Å². The van der Waals surface area contributed by atoms with Gasteiger partial charge in [-0.25, -0.2) is 8.42 Å². The van der Waals surface area contributed by atoms with Crippen LogP contribution in [0.25, 0.3) is 0 Å². The summed E-state index contributed by atoms with van der Waals surface area (Å²) in [5.41, 5.74) is 0.931. The summed E-state index contributed by atoms with van der Waals surface area (Å²) in [4.78, 5) is 16.0. The fourth-order valence-corrected chi connectivity index (χ4v) is 4.02. The zero-order chi connectivity index (χ0) is 16.0. The maximum Gasteiger partial charge on any atom is 0.224 e. The molecule has 1 aliphatic heterocycles. The van der Waals surface area contributed by atoms with Gasteiger partial charge < -0.3 is 10.6 Å². The van der Waals surface area contributed by atoms with E-state index in [0.29, 0.717) is 32.7 Å². The fraction of sp³-hybridized carbons (Fsp3) is 0.571. The third kappa shape index (κ3) is 4.75. The number of carbonyl (C=O) groups is 1. The number of carbonyl (C=O) groups excluding carboxylic acids is 1. The molecule has 0 spiro atoms. The summed E-state index contributed by atoms with van der Waals surface area (Å²) in [6, 6.07) is 3.62.